The average Bonchev–Trinajstić information content (AvgIpc) is 2.90. The van der Waals surface area contributed by atoms with Gasteiger partial charge in [-0.2, -0.15) is 0 Å². The van der Waals surface area contributed by atoms with Crippen molar-refractivity contribution < 1.29 is 18.4 Å². The van der Waals surface area contributed by atoms with Crippen LogP contribution in [0.2, 0.25) is 0 Å². The molecule has 3 fully saturated rings. The molecule has 2 atom stereocenters. The lowest BCUT2D eigenvalue weighted by Crippen LogP contribution is -2.45. The van der Waals surface area contributed by atoms with Crippen molar-refractivity contribution in [2.24, 2.45) is 11.3 Å². The van der Waals surface area contributed by atoms with Crippen LogP contribution in [0.5, 0.6) is 0 Å². The van der Waals surface area contributed by atoms with Crippen LogP contribution in [0, 0.1) is 11.3 Å². The molecule has 2 heterocycles. The molecule has 0 aromatic carbocycles. The van der Waals surface area contributed by atoms with Gasteiger partial charge in [0.25, 0.3) is 5.92 Å². The van der Waals surface area contributed by atoms with Gasteiger partial charge in [-0.05, 0) is 25.8 Å². The van der Waals surface area contributed by atoms with Crippen molar-refractivity contribution in [3.8, 4) is 0 Å². The number of hydrogen-bond acceptors (Lipinski definition) is 3. The molecule has 2 unspecified atom stereocenters. The number of alkyl halides is 2. The second-order valence-corrected chi connectivity index (χ2v) is 6.94. The van der Waals surface area contributed by atoms with Crippen molar-refractivity contribution in [1.29, 1.82) is 0 Å². The molecule has 0 aromatic rings. The first-order chi connectivity index (χ1) is 10.3. The molecule has 5 nitrogen and oxygen atoms in total. The van der Waals surface area contributed by atoms with Gasteiger partial charge in [0.2, 0.25) is 11.8 Å². The molecular formula is C15H23F2N3O2. The Morgan fingerprint density at radius 1 is 1.23 bits per heavy atom. The first-order valence-corrected chi connectivity index (χ1v) is 7.99. The van der Waals surface area contributed by atoms with Crippen molar-refractivity contribution in [3.63, 3.8) is 0 Å². The monoisotopic (exact) mass is 315 g/mol. The third-order valence-electron chi connectivity index (χ3n) is 5.54. The second kappa shape index (κ2) is 5.44. The molecule has 1 saturated carbocycles. The average molecular weight is 315 g/mol. The molecule has 3 aliphatic rings. The predicted molar refractivity (Wildman–Crippen MR) is 76.4 cm³/mol. The molecule has 0 spiro atoms. The number of nitrogens with one attached hydrogen (secondary N) is 1. The van der Waals surface area contributed by atoms with Crippen LogP contribution in [0.1, 0.15) is 26.2 Å². The largest absolute Gasteiger partial charge is 0.346 e. The van der Waals surface area contributed by atoms with Crippen LogP contribution in [0.3, 0.4) is 0 Å². The molecule has 2 aliphatic heterocycles. The number of nitrogens with zero attached hydrogens (tertiary/aromatic N) is 2. The van der Waals surface area contributed by atoms with Gasteiger partial charge in [-0.15, -0.1) is 0 Å². The lowest BCUT2D eigenvalue weighted by molar-refractivity contribution is -0.132. The summed E-state index contributed by atoms with van der Waals surface area (Å²) in [6.07, 6.45) is 2.45. The van der Waals surface area contributed by atoms with Gasteiger partial charge < -0.3 is 10.2 Å². The van der Waals surface area contributed by atoms with Gasteiger partial charge in [-0.1, -0.05) is 6.92 Å². The zero-order valence-corrected chi connectivity index (χ0v) is 12.9. The van der Waals surface area contributed by atoms with Crippen LogP contribution in [-0.2, 0) is 9.59 Å². The van der Waals surface area contributed by atoms with Gasteiger partial charge in [0.1, 0.15) is 0 Å². The Morgan fingerprint density at radius 2 is 1.91 bits per heavy atom. The molecule has 0 bridgehead atoms. The first kappa shape index (κ1) is 15.6. The standard InChI is InChI=1S/C15H23F2N3O2/c1-14-4-7-19(9-11(14)15(14,16)17)10-12(21)18-8-13(22)20-5-2-3-6-20/h11H,2-10H2,1H3,(H,18,21). The minimum Gasteiger partial charge on any atom is -0.346 e. The Labute approximate surface area is 129 Å². The summed E-state index contributed by atoms with van der Waals surface area (Å²) in [5, 5.41) is 2.61. The predicted octanol–water partition coefficient (Wildman–Crippen LogP) is 0.702. The highest BCUT2D eigenvalue weighted by atomic mass is 19.3. The van der Waals surface area contributed by atoms with Crippen molar-refractivity contribution >= 4 is 11.8 Å². The summed E-state index contributed by atoms with van der Waals surface area (Å²) in [5.74, 6) is -3.55. The van der Waals surface area contributed by atoms with E-state index in [-0.39, 0.29) is 31.4 Å². The van der Waals surface area contributed by atoms with Crippen LogP contribution in [0.25, 0.3) is 0 Å². The summed E-state index contributed by atoms with van der Waals surface area (Å²) in [6.45, 7) is 4.02. The summed E-state index contributed by atoms with van der Waals surface area (Å²) >= 11 is 0. The summed E-state index contributed by atoms with van der Waals surface area (Å²) in [6, 6.07) is 0. The normalized spacial score (nSPS) is 33.4. The van der Waals surface area contributed by atoms with Gasteiger partial charge in [0.05, 0.1) is 13.1 Å². The van der Waals surface area contributed by atoms with Gasteiger partial charge in [0, 0.05) is 31.0 Å². The van der Waals surface area contributed by atoms with E-state index in [1.165, 1.54) is 0 Å². The van der Waals surface area contributed by atoms with Crippen LogP contribution < -0.4 is 5.32 Å². The zero-order chi connectivity index (χ0) is 16.0. The van der Waals surface area contributed by atoms with Crippen molar-refractivity contribution in [3.05, 3.63) is 0 Å². The van der Waals surface area contributed by atoms with Crippen LogP contribution in [-0.4, -0.2) is 66.8 Å². The number of carbonyl (C=O) groups excluding carboxylic acids is 2. The van der Waals surface area contributed by atoms with Crippen LogP contribution in [0.4, 0.5) is 8.78 Å². The van der Waals surface area contributed by atoms with Crippen molar-refractivity contribution in [2.45, 2.75) is 32.1 Å². The van der Waals surface area contributed by atoms with E-state index in [0.29, 0.717) is 13.0 Å². The third kappa shape index (κ3) is 2.59. The Bertz CT molecular complexity index is 479. The fourth-order valence-corrected chi connectivity index (χ4v) is 3.73. The number of carbonyl (C=O) groups is 2. The van der Waals surface area contributed by atoms with E-state index in [1.54, 1.807) is 16.7 Å². The van der Waals surface area contributed by atoms with E-state index in [9.17, 15) is 18.4 Å². The van der Waals surface area contributed by atoms with Crippen molar-refractivity contribution in [2.75, 3.05) is 39.3 Å². The van der Waals surface area contributed by atoms with E-state index >= 15 is 0 Å². The lowest BCUT2D eigenvalue weighted by Gasteiger charge is -2.27. The molecule has 2 saturated heterocycles. The van der Waals surface area contributed by atoms with Gasteiger partial charge in [0.15, 0.2) is 0 Å². The van der Waals surface area contributed by atoms with E-state index in [2.05, 4.69) is 5.32 Å². The number of amides is 2. The highest BCUT2D eigenvalue weighted by Crippen LogP contribution is 2.69. The van der Waals surface area contributed by atoms with Crippen LogP contribution >= 0.6 is 0 Å². The van der Waals surface area contributed by atoms with Crippen molar-refractivity contribution in [1.82, 2.24) is 15.1 Å². The Kier molecular flexibility index (Phi) is 3.87. The summed E-state index contributed by atoms with van der Waals surface area (Å²) < 4.78 is 27.3. The minimum absolute atomic E-state index is 0.00395. The number of rotatable bonds is 4. The molecular weight excluding hydrogens is 292 g/mol. The Morgan fingerprint density at radius 3 is 2.55 bits per heavy atom. The highest BCUT2D eigenvalue weighted by Gasteiger charge is 2.78. The number of likely N-dealkylation sites (tertiary alicyclic amines) is 2. The second-order valence-electron chi connectivity index (χ2n) is 6.94. The van der Waals surface area contributed by atoms with E-state index in [4.69, 9.17) is 0 Å². The number of halogens is 2. The van der Waals surface area contributed by atoms with E-state index in [1.807, 2.05) is 0 Å². The maximum absolute atomic E-state index is 13.6. The first-order valence-electron chi connectivity index (χ1n) is 7.99. The summed E-state index contributed by atoms with van der Waals surface area (Å²) in [7, 11) is 0. The molecule has 1 aliphatic carbocycles. The van der Waals surface area contributed by atoms with E-state index in [0.717, 1.165) is 25.9 Å². The maximum Gasteiger partial charge on any atom is 0.258 e. The molecule has 22 heavy (non-hydrogen) atoms. The third-order valence-corrected chi connectivity index (χ3v) is 5.54. The van der Waals surface area contributed by atoms with E-state index < -0.39 is 17.3 Å². The maximum atomic E-state index is 13.6. The molecule has 0 aromatic heterocycles. The summed E-state index contributed by atoms with van der Waals surface area (Å²) in [5.41, 5.74) is -0.869. The molecule has 124 valence electrons. The SMILES string of the molecule is CC12CCN(CC(=O)NCC(=O)N3CCCC3)CC1C2(F)F. The quantitative estimate of drug-likeness (QED) is 0.831. The number of hydrogen-bond donors (Lipinski definition) is 1. The Hall–Kier alpha value is -1.24. The molecule has 2 amide bonds. The molecule has 3 rings (SSSR count). The Balaban J connectivity index is 1.40. The summed E-state index contributed by atoms with van der Waals surface area (Å²) in [4.78, 5) is 27.2. The highest BCUT2D eigenvalue weighted by molar-refractivity contribution is 5.85. The lowest BCUT2D eigenvalue weighted by atomic mass is 9.97. The fraction of sp³-hybridized carbons (Fsp3) is 0.867. The topological polar surface area (TPSA) is 52.7 Å². The van der Waals surface area contributed by atoms with Gasteiger partial charge >= 0.3 is 0 Å². The zero-order valence-electron chi connectivity index (χ0n) is 12.9. The fourth-order valence-electron chi connectivity index (χ4n) is 3.73. The van der Waals surface area contributed by atoms with Gasteiger partial charge in [-0.3, -0.25) is 14.5 Å². The number of fused-ring (bicyclic) bond motifs is 1. The van der Waals surface area contributed by atoms with Gasteiger partial charge in [-0.25, -0.2) is 8.78 Å². The smallest absolute Gasteiger partial charge is 0.258 e. The molecule has 7 heteroatoms. The molecule has 1 N–H and O–H groups in total. The number of piperidine rings is 1. The minimum atomic E-state index is -2.59. The molecule has 0 radical (unpaired) electrons. The van der Waals surface area contributed by atoms with Crippen LogP contribution in [0.15, 0.2) is 0 Å².